The number of carbonyl (C=O) groups is 1. The first-order chi connectivity index (χ1) is 39.1. The van der Waals surface area contributed by atoms with Crippen molar-refractivity contribution in [3.05, 3.63) is 0 Å². The molecule has 2 heterocycles. The fraction of sp³-hybridized carbons (Fsp3) is 0.985. The van der Waals surface area contributed by atoms with Crippen LogP contribution in [0.4, 0.5) is 0 Å². The molecule has 2 aliphatic rings. The summed E-state index contributed by atoms with van der Waals surface area (Å²) in [5.41, 5.74) is 0. The van der Waals surface area contributed by atoms with Gasteiger partial charge in [-0.05, 0) is 12.8 Å². The molecule has 0 aromatic heterocycles. The van der Waals surface area contributed by atoms with E-state index >= 15 is 0 Å². The zero-order valence-corrected chi connectivity index (χ0v) is 51.6. The molecule has 0 saturated carbocycles. The molecule has 0 spiro atoms. The van der Waals surface area contributed by atoms with E-state index in [9.17, 15) is 45.6 Å². The maximum absolute atomic E-state index is 13.2. The minimum Gasteiger partial charge on any atom is -0.394 e. The number of rotatable bonds is 57. The van der Waals surface area contributed by atoms with E-state index in [0.717, 1.165) is 64.2 Å². The lowest BCUT2D eigenvalue weighted by Gasteiger charge is -2.46. The van der Waals surface area contributed by atoms with E-state index in [0.29, 0.717) is 12.8 Å². The second kappa shape index (κ2) is 52.3. The lowest BCUT2D eigenvalue weighted by molar-refractivity contribution is -0.359. The highest BCUT2D eigenvalue weighted by Gasteiger charge is 2.51. The number of aliphatic hydroxyl groups is 8. The fourth-order valence-electron chi connectivity index (χ4n) is 11.8. The Kier molecular flexibility index (Phi) is 49.1. The number of carbonyl (C=O) groups excluding carboxylic acids is 1. The van der Waals surface area contributed by atoms with Crippen LogP contribution in [0.15, 0.2) is 0 Å². The molecule has 2 saturated heterocycles. The van der Waals surface area contributed by atoms with E-state index < -0.39 is 86.8 Å². The van der Waals surface area contributed by atoms with E-state index in [1.807, 2.05) is 0 Å². The normalized spacial score (nSPS) is 24.1. The Bertz CT molecular complexity index is 1350. The number of hydrogen-bond donors (Lipinski definition) is 9. The Morgan fingerprint density at radius 3 is 1.06 bits per heavy atom. The molecule has 14 heteroatoms. The molecule has 0 aromatic carbocycles. The molecule has 0 aromatic rings. The van der Waals surface area contributed by atoms with Gasteiger partial charge in [0, 0.05) is 6.42 Å². The molecule has 2 fully saturated rings. The summed E-state index contributed by atoms with van der Waals surface area (Å²) in [5, 5.41) is 86.8. The lowest BCUT2D eigenvalue weighted by atomic mass is 9.97. The number of unbranched alkanes of at least 4 members (excludes halogenated alkanes) is 44. The molecule has 14 nitrogen and oxygen atoms in total. The van der Waals surface area contributed by atoms with Crippen LogP contribution in [0.3, 0.4) is 0 Å². The standard InChI is InChI=1S/C66H129NO13/c1-3-5-7-9-11-12-13-14-15-16-17-18-19-20-21-22-23-24-25-26-27-28-29-30-31-32-33-34-35-36-37-38-39-40-41-42-43-44-46-48-50-58(71)67-54(55(70)49-47-45-10-8-6-4-2)53-77-65-63(76)61(74)64(57(52-69)79-65)80-66-62(75)60(73)59(72)56(51-68)78-66/h54-57,59-66,68-70,72-76H,3-53H2,1-2H3,(H,67,71). The van der Waals surface area contributed by atoms with Crippen LogP contribution in [0.5, 0.6) is 0 Å². The highest BCUT2D eigenvalue weighted by molar-refractivity contribution is 5.76. The van der Waals surface area contributed by atoms with Gasteiger partial charge in [0.15, 0.2) is 12.6 Å². The molecule has 9 N–H and O–H groups in total. The molecule has 0 aliphatic carbocycles. The second-order valence-electron chi connectivity index (χ2n) is 24.7. The number of ether oxygens (including phenoxy) is 4. The van der Waals surface area contributed by atoms with E-state index in [4.69, 9.17) is 18.9 Å². The minimum absolute atomic E-state index is 0.205. The van der Waals surface area contributed by atoms with Crippen LogP contribution in [0.25, 0.3) is 0 Å². The molecule has 2 rings (SSSR count). The van der Waals surface area contributed by atoms with Crippen LogP contribution in [-0.2, 0) is 23.7 Å². The van der Waals surface area contributed by atoms with E-state index in [2.05, 4.69) is 19.2 Å². The third-order valence-corrected chi connectivity index (χ3v) is 17.3. The van der Waals surface area contributed by atoms with Crippen molar-refractivity contribution >= 4 is 5.91 Å². The van der Waals surface area contributed by atoms with Gasteiger partial charge in [-0.25, -0.2) is 0 Å². The zero-order valence-electron chi connectivity index (χ0n) is 51.6. The van der Waals surface area contributed by atoms with E-state index in [-0.39, 0.29) is 12.5 Å². The summed E-state index contributed by atoms with van der Waals surface area (Å²) in [5.74, 6) is -0.205. The Balaban J connectivity index is 1.44. The lowest BCUT2D eigenvalue weighted by Crippen LogP contribution is -2.65. The Hall–Kier alpha value is -1.01. The molecule has 12 unspecified atom stereocenters. The maximum atomic E-state index is 13.2. The minimum atomic E-state index is -1.78. The molecular formula is C66H129NO13. The predicted octanol–water partition coefficient (Wildman–Crippen LogP) is 13.2. The van der Waals surface area contributed by atoms with Crippen molar-refractivity contribution in [1.82, 2.24) is 5.32 Å². The van der Waals surface area contributed by atoms with Gasteiger partial charge >= 0.3 is 0 Å². The molecule has 12 atom stereocenters. The average molecular weight is 1140 g/mol. The highest BCUT2D eigenvalue weighted by Crippen LogP contribution is 2.30. The number of amides is 1. The summed E-state index contributed by atoms with van der Waals surface area (Å²) in [7, 11) is 0. The van der Waals surface area contributed by atoms with Gasteiger partial charge in [-0.2, -0.15) is 0 Å². The first-order valence-corrected chi connectivity index (χ1v) is 34.3. The van der Waals surface area contributed by atoms with Gasteiger partial charge in [0.2, 0.25) is 5.91 Å². The summed E-state index contributed by atoms with van der Waals surface area (Å²) in [6.07, 6.45) is 45.2. The molecular weight excluding hydrogens is 1010 g/mol. The van der Waals surface area contributed by atoms with Crippen molar-refractivity contribution in [2.24, 2.45) is 0 Å². The van der Waals surface area contributed by atoms with Gasteiger partial charge in [-0.15, -0.1) is 0 Å². The smallest absolute Gasteiger partial charge is 0.220 e. The van der Waals surface area contributed by atoms with Gasteiger partial charge in [0.25, 0.3) is 0 Å². The highest BCUT2D eigenvalue weighted by atomic mass is 16.7. The Morgan fingerprint density at radius 2 is 0.713 bits per heavy atom. The van der Waals surface area contributed by atoms with Crippen LogP contribution in [0.2, 0.25) is 0 Å². The number of aliphatic hydroxyl groups excluding tert-OH is 8. The van der Waals surface area contributed by atoms with Crippen molar-refractivity contribution in [2.45, 2.75) is 396 Å². The summed E-state index contributed by atoms with van der Waals surface area (Å²) in [6.45, 7) is 2.82. The molecule has 476 valence electrons. The van der Waals surface area contributed by atoms with Gasteiger partial charge in [0.1, 0.15) is 48.8 Å². The topological polar surface area (TPSA) is 228 Å². The van der Waals surface area contributed by atoms with Crippen LogP contribution in [-0.4, -0.2) is 140 Å². The quantitative estimate of drug-likeness (QED) is 0.0259. The Labute approximate surface area is 489 Å². The third-order valence-electron chi connectivity index (χ3n) is 17.3. The van der Waals surface area contributed by atoms with Crippen molar-refractivity contribution in [2.75, 3.05) is 19.8 Å². The van der Waals surface area contributed by atoms with Gasteiger partial charge in [-0.3, -0.25) is 4.79 Å². The number of nitrogens with one attached hydrogen (secondary N) is 1. The SMILES string of the molecule is CCCCCCCCCCCCCCCCCCCCCCCCCCCCCCCCCCCCCCCCCCC(=O)NC(COC1OC(CO)C(OC2OC(CO)C(O)C(O)C2O)C(O)C1O)C(O)CCCCCCCC. The summed E-state index contributed by atoms with van der Waals surface area (Å²) < 4.78 is 22.7. The van der Waals surface area contributed by atoms with Crippen LogP contribution in [0.1, 0.15) is 322 Å². The van der Waals surface area contributed by atoms with Crippen molar-refractivity contribution in [3.8, 4) is 0 Å². The second-order valence-corrected chi connectivity index (χ2v) is 24.7. The van der Waals surface area contributed by atoms with Crippen LogP contribution < -0.4 is 5.32 Å². The molecule has 2 aliphatic heterocycles. The Morgan fingerprint density at radius 1 is 0.400 bits per heavy atom. The van der Waals surface area contributed by atoms with Gasteiger partial charge in [-0.1, -0.05) is 303 Å². The fourth-order valence-corrected chi connectivity index (χ4v) is 11.8. The molecule has 0 radical (unpaired) electrons. The summed E-state index contributed by atoms with van der Waals surface area (Å²) in [4.78, 5) is 13.2. The van der Waals surface area contributed by atoms with Crippen molar-refractivity contribution < 1.29 is 64.6 Å². The van der Waals surface area contributed by atoms with Crippen molar-refractivity contribution in [1.29, 1.82) is 0 Å². The zero-order chi connectivity index (χ0) is 58.1. The summed E-state index contributed by atoms with van der Waals surface area (Å²) >= 11 is 0. The van der Waals surface area contributed by atoms with E-state index in [1.165, 1.54) is 231 Å². The van der Waals surface area contributed by atoms with E-state index in [1.54, 1.807) is 0 Å². The summed E-state index contributed by atoms with van der Waals surface area (Å²) in [6, 6.07) is -0.820. The monoisotopic (exact) mass is 1140 g/mol. The van der Waals surface area contributed by atoms with Crippen molar-refractivity contribution in [3.63, 3.8) is 0 Å². The molecule has 80 heavy (non-hydrogen) atoms. The van der Waals surface area contributed by atoms with Crippen LogP contribution >= 0.6 is 0 Å². The van der Waals surface area contributed by atoms with Crippen LogP contribution in [0, 0.1) is 0 Å². The molecule has 1 amide bonds. The van der Waals surface area contributed by atoms with Gasteiger partial charge in [0.05, 0.1) is 32.0 Å². The molecule has 0 bridgehead atoms. The first kappa shape index (κ1) is 75.1. The predicted molar refractivity (Wildman–Crippen MR) is 323 cm³/mol. The first-order valence-electron chi connectivity index (χ1n) is 34.3. The largest absolute Gasteiger partial charge is 0.394 e. The average Bonchev–Trinajstić information content (AvgIpc) is 3.48. The third kappa shape index (κ3) is 36.7. The van der Waals surface area contributed by atoms with Gasteiger partial charge < -0.3 is 65.1 Å². The number of hydrogen-bond acceptors (Lipinski definition) is 13. The maximum Gasteiger partial charge on any atom is 0.220 e.